The van der Waals surface area contributed by atoms with Gasteiger partial charge in [-0.25, -0.2) is 15.0 Å². The number of aliphatic hydroxyl groups is 2. The van der Waals surface area contributed by atoms with Crippen LogP contribution in [0.4, 0.5) is 5.82 Å². The Kier molecular flexibility index (Phi) is 6.00. The second kappa shape index (κ2) is 9.46. The van der Waals surface area contributed by atoms with E-state index in [1.807, 2.05) is 36.0 Å². The molecule has 3 aromatic heterocycles. The molecule has 182 valence electrons. The number of imidazole rings is 1. The van der Waals surface area contributed by atoms with E-state index in [1.165, 1.54) is 0 Å². The van der Waals surface area contributed by atoms with E-state index in [2.05, 4.69) is 46.3 Å². The first kappa shape index (κ1) is 22.8. The third-order valence-corrected chi connectivity index (χ3v) is 7.99. The number of fused-ring (bicyclic) bond motifs is 1. The van der Waals surface area contributed by atoms with Crippen molar-refractivity contribution in [2.45, 2.75) is 13.0 Å². The molecule has 1 aliphatic rings. The average Bonchev–Trinajstić information content (AvgIpc) is 3.67. The molecule has 5 aromatic rings. The molecule has 2 aromatic carbocycles. The van der Waals surface area contributed by atoms with Gasteiger partial charge in [0.15, 0.2) is 11.6 Å². The largest absolute Gasteiger partial charge is 0.396 e. The first-order chi connectivity index (χ1) is 17.7. The molecule has 0 amide bonds. The molecule has 6 rings (SSSR count). The molecular formula is C28H27N5O2S. The van der Waals surface area contributed by atoms with Gasteiger partial charge in [-0.2, -0.15) is 0 Å². The fourth-order valence-electron chi connectivity index (χ4n) is 4.91. The topological polar surface area (TPSA) is 87.3 Å². The molecule has 0 aliphatic carbocycles. The summed E-state index contributed by atoms with van der Waals surface area (Å²) in [6, 6.07) is 18.4. The Morgan fingerprint density at radius 1 is 1.00 bits per heavy atom. The minimum atomic E-state index is 0.0157. The molecule has 0 saturated carbocycles. The number of thiophene rings is 1. The molecule has 7 nitrogen and oxygen atoms in total. The van der Waals surface area contributed by atoms with Gasteiger partial charge in [0.1, 0.15) is 10.6 Å². The predicted molar refractivity (Wildman–Crippen MR) is 144 cm³/mol. The maximum absolute atomic E-state index is 9.82. The van der Waals surface area contributed by atoms with Crippen molar-refractivity contribution >= 4 is 27.4 Å². The van der Waals surface area contributed by atoms with Gasteiger partial charge in [-0.1, -0.05) is 54.6 Å². The van der Waals surface area contributed by atoms with Crippen molar-refractivity contribution in [1.29, 1.82) is 0 Å². The highest BCUT2D eigenvalue weighted by molar-refractivity contribution is 7.22. The van der Waals surface area contributed by atoms with Crippen LogP contribution in [0.15, 0.2) is 67.0 Å². The van der Waals surface area contributed by atoms with E-state index in [0.717, 1.165) is 68.5 Å². The minimum Gasteiger partial charge on any atom is -0.396 e. The molecule has 1 aliphatic heterocycles. The highest BCUT2D eigenvalue weighted by Gasteiger charge is 2.29. The summed E-state index contributed by atoms with van der Waals surface area (Å²) in [6.07, 6.45) is 4.59. The SMILES string of the molecule is Cn1ccnc1-c1nc(N2CCC(CO)C2)c2c(-c3ccccc3)c(-c3ccc(CO)cc3)sc2n1. The summed E-state index contributed by atoms with van der Waals surface area (Å²) in [7, 11) is 1.95. The van der Waals surface area contributed by atoms with Crippen molar-refractivity contribution in [3.05, 3.63) is 72.6 Å². The van der Waals surface area contributed by atoms with E-state index >= 15 is 0 Å². The number of nitrogens with zero attached hydrogens (tertiary/aromatic N) is 5. The zero-order chi connectivity index (χ0) is 24.6. The van der Waals surface area contributed by atoms with Gasteiger partial charge in [0, 0.05) is 55.5 Å². The molecule has 2 N–H and O–H groups in total. The first-order valence-electron chi connectivity index (χ1n) is 12.1. The molecular weight excluding hydrogens is 470 g/mol. The van der Waals surface area contributed by atoms with Gasteiger partial charge in [0.05, 0.1) is 12.0 Å². The summed E-state index contributed by atoms with van der Waals surface area (Å²) in [4.78, 5) is 19.0. The third kappa shape index (κ3) is 3.97. The second-order valence-corrected chi connectivity index (χ2v) is 10.2. The Labute approximate surface area is 213 Å². The van der Waals surface area contributed by atoms with E-state index in [0.29, 0.717) is 5.82 Å². The van der Waals surface area contributed by atoms with Crippen molar-refractivity contribution < 1.29 is 10.2 Å². The quantitative estimate of drug-likeness (QED) is 0.353. The zero-order valence-corrected chi connectivity index (χ0v) is 20.8. The van der Waals surface area contributed by atoms with Gasteiger partial charge in [-0.05, 0) is 23.1 Å². The summed E-state index contributed by atoms with van der Waals surface area (Å²) in [5.41, 5.74) is 4.18. The molecule has 1 unspecified atom stereocenters. The smallest absolute Gasteiger partial charge is 0.199 e. The van der Waals surface area contributed by atoms with Gasteiger partial charge in [0.25, 0.3) is 0 Å². The van der Waals surface area contributed by atoms with Crippen molar-refractivity contribution in [3.8, 4) is 33.2 Å². The average molecular weight is 498 g/mol. The van der Waals surface area contributed by atoms with Crippen LogP contribution in [0.25, 0.3) is 43.4 Å². The lowest BCUT2D eigenvalue weighted by Crippen LogP contribution is -2.22. The van der Waals surface area contributed by atoms with Gasteiger partial charge in [-0.3, -0.25) is 0 Å². The Hall–Kier alpha value is -3.59. The number of aromatic nitrogens is 4. The summed E-state index contributed by atoms with van der Waals surface area (Å²) in [5.74, 6) is 2.44. The zero-order valence-electron chi connectivity index (χ0n) is 20.0. The molecule has 0 radical (unpaired) electrons. The van der Waals surface area contributed by atoms with Crippen LogP contribution < -0.4 is 4.90 Å². The molecule has 8 heteroatoms. The maximum Gasteiger partial charge on any atom is 0.199 e. The lowest BCUT2D eigenvalue weighted by atomic mass is 9.99. The maximum atomic E-state index is 9.82. The molecule has 1 atom stereocenters. The molecule has 0 spiro atoms. The summed E-state index contributed by atoms with van der Waals surface area (Å²) in [5, 5.41) is 20.4. The fourth-order valence-corrected chi connectivity index (χ4v) is 6.11. The number of anilines is 1. The fraction of sp³-hybridized carbons (Fsp3) is 0.250. The number of aryl methyl sites for hydroxylation is 1. The number of benzene rings is 2. The van der Waals surface area contributed by atoms with Crippen LogP contribution in [0, 0.1) is 5.92 Å². The van der Waals surface area contributed by atoms with Crippen LogP contribution in [0.1, 0.15) is 12.0 Å². The van der Waals surface area contributed by atoms with Crippen LogP contribution >= 0.6 is 11.3 Å². The lowest BCUT2D eigenvalue weighted by molar-refractivity contribution is 0.238. The Bertz CT molecular complexity index is 1510. The van der Waals surface area contributed by atoms with Crippen LogP contribution in [0.5, 0.6) is 0 Å². The van der Waals surface area contributed by atoms with Crippen molar-refractivity contribution in [2.75, 3.05) is 24.6 Å². The molecule has 4 heterocycles. The Balaban J connectivity index is 1.65. The number of hydrogen-bond donors (Lipinski definition) is 2. The monoisotopic (exact) mass is 497 g/mol. The van der Waals surface area contributed by atoms with Crippen LogP contribution in [-0.2, 0) is 13.7 Å². The first-order valence-corrected chi connectivity index (χ1v) is 12.9. The Morgan fingerprint density at radius 2 is 1.81 bits per heavy atom. The number of aliphatic hydroxyl groups excluding tert-OH is 2. The predicted octanol–water partition coefficient (Wildman–Crippen LogP) is 4.74. The third-order valence-electron chi connectivity index (χ3n) is 6.86. The number of hydrogen-bond acceptors (Lipinski definition) is 7. The standard InChI is InChI=1S/C28H27N5O2S/c1-32-14-12-29-27(32)25-30-26(33-13-11-19(15-33)17-35)23-22(20-5-3-2-4-6-20)24(36-28(23)31-25)21-9-7-18(16-34)8-10-21/h2-10,12,14,19,34-35H,11,13,15-17H2,1H3. The van der Waals surface area contributed by atoms with E-state index in [-0.39, 0.29) is 19.1 Å². The van der Waals surface area contributed by atoms with Gasteiger partial charge in [-0.15, -0.1) is 11.3 Å². The van der Waals surface area contributed by atoms with Crippen molar-refractivity contribution in [2.24, 2.45) is 13.0 Å². The van der Waals surface area contributed by atoms with E-state index in [9.17, 15) is 10.2 Å². The second-order valence-electron chi connectivity index (χ2n) is 9.22. The summed E-state index contributed by atoms with van der Waals surface area (Å²) >= 11 is 1.66. The van der Waals surface area contributed by atoms with Gasteiger partial charge < -0.3 is 19.7 Å². The number of rotatable bonds is 6. The van der Waals surface area contributed by atoms with Gasteiger partial charge >= 0.3 is 0 Å². The van der Waals surface area contributed by atoms with Crippen LogP contribution in [0.2, 0.25) is 0 Å². The lowest BCUT2D eigenvalue weighted by Gasteiger charge is -2.20. The van der Waals surface area contributed by atoms with E-state index < -0.39 is 0 Å². The van der Waals surface area contributed by atoms with Crippen molar-refractivity contribution in [3.63, 3.8) is 0 Å². The van der Waals surface area contributed by atoms with Crippen LogP contribution in [-0.4, -0.2) is 49.4 Å². The highest BCUT2D eigenvalue weighted by atomic mass is 32.1. The highest BCUT2D eigenvalue weighted by Crippen LogP contribution is 2.48. The molecule has 1 saturated heterocycles. The molecule has 36 heavy (non-hydrogen) atoms. The van der Waals surface area contributed by atoms with E-state index in [1.54, 1.807) is 17.5 Å². The van der Waals surface area contributed by atoms with Crippen LogP contribution in [0.3, 0.4) is 0 Å². The molecule has 1 fully saturated rings. The minimum absolute atomic E-state index is 0.0157. The summed E-state index contributed by atoms with van der Waals surface area (Å²) in [6.45, 7) is 1.78. The van der Waals surface area contributed by atoms with E-state index in [4.69, 9.17) is 9.97 Å². The molecule has 0 bridgehead atoms. The Morgan fingerprint density at radius 3 is 2.47 bits per heavy atom. The van der Waals surface area contributed by atoms with Gasteiger partial charge in [0.2, 0.25) is 0 Å². The normalized spacial score (nSPS) is 15.8. The van der Waals surface area contributed by atoms with Crippen molar-refractivity contribution in [1.82, 2.24) is 19.5 Å². The summed E-state index contributed by atoms with van der Waals surface area (Å²) < 4.78 is 1.94.